The van der Waals surface area contributed by atoms with Crippen LogP contribution in [0.15, 0.2) is 94.3 Å². The number of anilines is 1. The van der Waals surface area contributed by atoms with Crippen LogP contribution in [0.4, 0.5) is 6.01 Å². The maximum Gasteiger partial charge on any atom is 0.317 e. The number of carbonyl (C=O) groups excluding carboxylic acids is 1. The average molecular weight is 477 g/mol. The van der Waals surface area contributed by atoms with Gasteiger partial charge in [0, 0.05) is 23.1 Å². The number of benzene rings is 3. The summed E-state index contributed by atoms with van der Waals surface area (Å²) in [6, 6.07) is 25.9. The maximum atomic E-state index is 13.2. The fraction of sp³-hybridized carbons (Fsp3) is 0.172. The van der Waals surface area contributed by atoms with Gasteiger partial charge in [0.25, 0.3) is 0 Å². The number of hydrogen-bond donors (Lipinski definition) is 1. The van der Waals surface area contributed by atoms with Crippen LogP contribution in [0.5, 0.6) is 0 Å². The molecule has 0 saturated heterocycles. The molecule has 6 rings (SSSR count). The summed E-state index contributed by atoms with van der Waals surface area (Å²) in [5.41, 5.74) is 6.67. The molecule has 4 aromatic rings. The number of nitrogens with zero attached hydrogens (tertiary/aromatic N) is 3. The van der Waals surface area contributed by atoms with E-state index < -0.39 is 6.17 Å². The normalized spacial score (nSPS) is 17.6. The number of fused-ring (bicyclic) bond motifs is 1. The van der Waals surface area contributed by atoms with Crippen LogP contribution in [0, 0.1) is 0 Å². The molecule has 36 heavy (non-hydrogen) atoms. The molecule has 0 aliphatic carbocycles. The van der Waals surface area contributed by atoms with Crippen LogP contribution in [-0.4, -0.2) is 41.1 Å². The van der Waals surface area contributed by atoms with Gasteiger partial charge in [0.2, 0.25) is 5.89 Å². The SMILES string of the molecule is O=C1Cc2ccccc2C(c2ccccc2)=N[C@@H]1Nc1nnc(-c2ccccc2C2=CCOCC2)o1. The molecule has 3 heterocycles. The Kier molecular flexibility index (Phi) is 5.97. The molecule has 1 N–H and O–H groups in total. The molecule has 0 radical (unpaired) electrons. The van der Waals surface area contributed by atoms with Crippen molar-refractivity contribution in [3.05, 3.63) is 107 Å². The van der Waals surface area contributed by atoms with Gasteiger partial charge in [0.1, 0.15) is 0 Å². The number of carbonyl (C=O) groups is 1. The van der Waals surface area contributed by atoms with E-state index in [-0.39, 0.29) is 18.2 Å². The molecule has 0 unspecified atom stereocenters. The quantitative estimate of drug-likeness (QED) is 0.439. The second-order valence-corrected chi connectivity index (χ2v) is 8.70. The first-order valence-electron chi connectivity index (χ1n) is 12.0. The van der Waals surface area contributed by atoms with Crippen molar-refractivity contribution in [1.82, 2.24) is 10.2 Å². The van der Waals surface area contributed by atoms with Gasteiger partial charge in [-0.15, -0.1) is 5.10 Å². The fourth-order valence-corrected chi connectivity index (χ4v) is 4.63. The van der Waals surface area contributed by atoms with Gasteiger partial charge in [0.15, 0.2) is 11.9 Å². The van der Waals surface area contributed by atoms with E-state index in [9.17, 15) is 4.79 Å². The summed E-state index contributed by atoms with van der Waals surface area (Å²) in [5, 5.41) is 11.5. The van der Waals surface area contributed by atoms with Crippen LogP contribution >= 0.6 is 0 Å². The molecule has 178 valence electrons. The minimum absolute atomic E-state index is 0.0686. The van der Waals surface area contributed by atoms with Gasteiger partial charge in [0.05, 0.1) is 18.9 Å². The van der Waals surface area contributed by atoms with Gasteiger partial charge in [-0.2, -0.15) is 0 Å². The minimum atomic E-state index is -0.852. The highest BCUT2D eigenvalue weighted by Gasteiger charge is 2.27. The number of hydrogen-bond acceptors (Lipinski definition) is 7. The zero-order valence-electron chi connectivity index (χ0n) is 19.6. The summed E-state index contributed by atoms with van der Waals surface area (Å²) < 4.78 is 11.5. The molecule has 2 aliphatic rings. The van der Waals surface area contributed by atoms with Crippen LogP contribution in [0.1, 0.15) is 28.7 Å². The van der Waals surface area contributed by atoms with E-state index >= 15 is 0 Å². The summed E-state index contributed by atoms with van der Waals surface area (Å²) in [6.45, 7) is 1.28. The van der Waals surface area contributed by atoms with E-state index in [1.165, 1.54) is 5.57 Å². The Morgan fingerprint density at radius 1 is 0.833 bits per heavy atom. The zero-order chi connectivity index (χ0) is 24.3. The first kappa shape index (κ1) is 22.1. The van der Waals surface area contributed by atoms with Crippen molar-refractivity contribution >= 4 is 23.1 Å². The third-order valence-corrected chi connectivity index (χ3v) is 6.40. The first-order valence-corrected chi connectivity index (χ1v) is 12.0. The van der Waals surface area contributed by atoms with Crippen molar-refractivity contribution in [2.24, 2.45) is 4.99 Å². The van der Waals surface area contributed by atoms with Crippen molar-refractivity contribution in [3.8, 4) is 11.5 Å². The molecule has 0 saturated carbocycles. The second-order valence-electron chi connectivity index (χ2n) is 8.70. The lowest BCUT2D eigenvalue weighted by Gasteiger charge is -2.15. The van der Waals surface area contributed by atoms with Gasteiger partial charge in [-0.3, -0.25) is 9.79 Å². The van der Waals surface area contributed by atoms with E-state index in [1.54, 1.807) is 0 Å². The molecule has 1 aromatic heterocycles. The molecular weight excluding hydrogens is 452 g/mol. The van der Waals surface area contributed by atoms with Crippen molar-refractivity contribution in [3.63, 3.8) is 0 Å². The minimum Gasteiger partial charge on any atom is -0.403 e. The van der Waals surface area contributed by atoms with E-state index in [0.29, 0.717) is 19.1 Å². The van der Waals surface area contributed by atoms with Crippen LogP contribution in [0.2, 0.25) is 0 Å². The Morgan fingerprint density at radius 2 is 1.58 bits per heavy atom. The summed E-state index contributed by atoms with van der Waals surface area (Å²) in [4.78, 5) is 18.1. The van der Waals surface area contributed by atoms with E-state index in [0.717, 1.165) is 39.9 Å². The number of rotatable bonds is 5. The Hall–Kier alpha value is -4.36. The van der Waals surface area contributed by atoms with Crippen molar-refractivity contribution in [1.29, 1.82) is 0 Å². The summed E-state index contributed by atoms with van der Waals surface area (Å²) in [6.07, 6.45) is 2.31. The molecule has 0 spiro atoms. The Labute approximate surface area is 208 Å². The predicted molar refractivity (Wildman–Crippen MR) is 138 cm³/mol. The summed E-state index contributed by atoms with van der Waals surface area (Å²) in [7, 11) is 0. The molecule has 0 bridgehead atoms. The van der Waals surface area contributed by atoms with Gasteiger partial charge in [-0.1, -0.05) is 84.0 Å². The molecule has 0 amide bonds. The van der Waals surface area contributed by atoms with Gasteiger partial charge in [-0.05, 0) is 29.2 Å². The fourth-order valence-electron chi connectivity index (χ4n) is 4.63. The Morgan fingerprint density at radius 3 is 2.39 bits per heavy atom. The standard InChI is InChI=1S/C29H24N4O3/c34-25-18-21-10-4-5-12-23(21)26(20-8-2-1-3-9-20)30-27(25)31-29-33-32-28(36-29)24-13-7-6-11-22(24)19-14-16-35-17-15-19/h1-14,27H,15-18H2,(H,31,33)/t27-/m1/s1. The van der Waals surface area contributed by atoms with Crippen LogP contribution in [0.3, 0.4) is 0 Å². The van der Waals surface area contributed by atoms with Gasteiger partial charge in [-0.25, -0.2) is 0 Å². The van der Waals surface area contributed by atoms with Crippen LogP contribution in [0.25, 0.3) is 17.0 Å². The number of aliphatic imine (C=N–C) groups is 1. The molecule has 7 nitrogen and oxygen atoms in total. The smallest absolute Gasteiger partial charge is 0.317 e. The molecule has 2 aliphatic heterocycles. The second kappa shape index (κ2) is 9.71. The van der Waals surface area contributed by atoms with E-state index in [2.05, 4.69) is 21.6 Å². The van der Waals surface area contributed by atoms with Crippen LogP contribution in [-0.2, 0) is 16.0 Å². The molecule has 3 aromatic carbocycles. The van der Waals surface area contributed by atoms with E-state index in [4.69, 9.17) is 14.1 Å². The molecule has 1 atom stereocenters. The summed E-state index contributed by atoms with van der Waals surface area (Å²) >= 11 is 0. The van der Waals surface area contributed by atoms with Crippen molar-refractivity contribution in [2.45, 2.75) is 19.0 Å². The highest BCUT2D eigenvalue weighted by molar-refractivity contribution is 6.16. The highest BCUT2D eigenvalue weighted by Crippen LogP contribution is 2.32. The lowest BCUT2D eigenvalue weighted by molar-refractivity contribution is -0.119. The third-order valence-electron chi connectivity index (χ3n) is 6.40. The monoisotopic (exact) mass is 476 g/mol. The number of ketones is 1. The van der Waals surface area contributed by atoms with E-state index in [1.807, 2.05) is 78.9 Å². The lowest BCUT2D eigenvalue weighted by Crippen LogP contribution is -2.29. The Balaban J connectivity index is 1.33. The van der Waals surface area contributed by atoms with Crippen molar-refractivity contribution in [2.75, 3.05) is 18.5 Å². The molecule has 0 fully saturated rings. The zero-order valence-corrected chi connectivity index (χ0v) is 19.6. The first-order chi connectivity index (χ1) is 17.8. The third kappa shape index (κ3) is 4.36. The topological polar surface area (TPSA) is 89.6 Å². The predicted octanol–water partition coefficient (Wildman–Crippen LogP) is 4.94. The molecular formula is C29H24N4O3. The largest absolute Gasteiger partial charge is 0.403 e. The van der Waals surface area contributed by atoms with Gasteiger partial charge >= 0.3 is 6.01 Å². The summed E-state index contributed by atoms with van der Waals surface area (Å²) in [5.74, 6) is 0.318. The maximum absolute atomic E-state index is 13.2. The van der Waals surface area contributed by atoms with Crippen LogP contribution < -0.4 is 5.32 Å². The number of nitrogens with one attached hydrogen (secondary N) is 1. The number of aromatic nitrogens is 2. The highest BCUT2D eigenvalue weighted by atomic mass is 16.5. The van der Waals surface area contributed by atoms with Crippen molar-refractivity contribution < 1.29 is 13.9 Å². The molecule has 7 heteroatoms. The number of ether oxygens (including phenoxy) is 1. The Bertz CT molecular complexity index is 1470. The van der Waals surface area contributed by atoms with Gasteiger partial charge < -0.3 is 14.5 Å². The average Bonchev–Trinajstić information content (AvgIpc) is 3.35. The number of Topliss-reactive ketones (excluding diaryl/α,β-unsaturated/α-hetero) is 1. The lowest BCUT2D eigenvalue weighted by atomic mass is 9.96.